The maximum Gasteiger partial charge on any atom is 0.140 e. The number of H-pyrrole nitrogens is 1. The summed E-state index contributed by atoms with van der Waals surface area (Å²) in [5, 5.41) is 9.10. The fourth-order valence-electron chi connectivity index (χ4n) is 4.07. The molecule has 1 saturated heterocycles. The number of carbonyl (C=O) groups excluding carboxylic acids is 1. The van der Waals surface area contributed by atoms with Gasteiger partial charge in [0.05, 0.1) is 10.9 Å². The second-order valence-electron chi connectivity index (χ2n) is 6.98. The van der Waals surface area contributed by atoms with E-state index in [0.717, 1.165) is 71.7 Å². The lowest BCUT2D eigenvalue weighted by Gasteiger charge is -2.32. The zero-order valence-electron chi connectivity index (χ0n) is 16.2. The summed E-state index contributed by atoms with van der Waals surface area (Å²) in [6, 6.07) is 10.2. The molecule has 1 fully saturated rings. The number of pyridine rings is 1. The quantitative estimate of drug-likeness (QED) is 0.523. The third-order valence-corrected chi connectivity index (χ3v) is 5.34. The highest BCUT2D eigenvalue weighted by Gasteiger charge is 2.23. The molecule has 7 heteroatoms. The molecular weight excluding hydrogens is 366 g/mol. The van der Waals surface area contributed by atoms with E-state index in [2.05, 4.69) is 30.9 Å². The van der Waals surface area contributed by atoms with Crippen LogP contribution < -0.4 is 4.90 Å². The van der Waals surface area contributed by atoms with Crippen molar-refractivity contribution < 1.29 is 9.90 Å². The van der Waals surface area contributed by atoms with Gasteiger partial charge in [0.15, 0.2) is 0 Å². The number of aldehydes is 1. The Kier molecular flexibility index (Phi) is 5.48. The van der Waals surface area contributed by atoms with Gasteiger partial charge in [-0.05, 0) is 42.2 Å². The molecule has 0 saturated carbocycles. The minimum Gasteiger partial charge on any atom is -0.400 e. The van der Waals surface area contributed by atoms with Crippen LogP contribution in [0.4, 0.5) is 5.82 Å². The summed E-state index contributed by atoms with van der Waals surface area (Å²) >= 11 is 0. The molecule has 3 aromatic heterocycles. The minimum absolute atomic E-state index is 0.0632. The van der Waals surface area contributed by atoms with E-state index in [1.54, 1.807) is 6.33 Å². The van der Waals surface area contributed by atoms with Crippen LogP contribution in [-0.4, -0.2) is 51.5 Å². The van der Waals surface area contributed by atoms with E-state index in [0.29, 0.717) is 6.54 Å². The summed E-state index contributed by atoms with van der Waals surface area (Å²) in [6.45, 7) is 1.61. The Morgan fingerprint density at radius 3 is 2.90 bits per heavy atom. The van der Waals surface area contributed by atoms with E-state index in [1.807, 2.05) is 36.7 Å². The number of nitrogens with one attached hydrogen (secondary N) is 1. The summed E-state index contributed by atoms with van der Waals surface area (Å²) in [6.07, 6.45) is 8.36. The molecule has 1 aliphatic heterocycles. The smallest absolute Gasteiger partial charge is 0.140 e. The standard InChI is InChI=1S/C21H19N5O.CH4O/c27-12-14-3-2-10-26(11-14)21-19-16(4-1-5-18(19)24-13-25-21)15-6-8-22-20-17(15)7-9-23-20;1-2/h1,4-9,12-14H,2-3,10-11H2,(H,22,23);2H,1H3. The largest absolute Gasteiger partial charge is 0.400 e. The van der Waals surface area contributed by atoms with Crippen molar-refractivity contribution >= 4 is 34.0 Å². The number of hydrogen-bond donors (Lipinski definition) is 2. The van der Waals surface area contributed by atoms with Gasteiger partial charge in [-0.1, -0.05) is 12.1 Å². The first-order chi connectivity index (χ1) is 14.3. The Balaban J connectivity index is 0.000000994. The second-order valence-corrected chi connectivity index (χ2v) is 6.98. The number of aromatic nitrogens is 4. The molecule has 1 aromatic carbocycles. The summed E-state index contributed by atoms with van der Waals surface area (Å²) in [5.41, 5.74) is 3.96. The lowest BCUT2D eigenvalue weighted by Crippen LogP contribution is -2.36. The number of aliphatic hydroxyl groups excluding tert-OH is 1. The van der Waals surface area contributed by atoms with Crippen LogP contribution in [0.25, 0.3) is 33.1 Å². The van der Waals surface area contributed by atoms with Crippen LogP contribution >= 0.6 is 0 Å². The SMILES string of the molecule is CO.O=CC1CCCN(c2ncnc3cccc(-c4ccnc5[nH]ccc45)c23)C1. The van der Waals surface area contributed by atoms with Crippen molar-refractivity contribution in [2.24, 2.45) is 5.92 Å². The van der Waals surface area contributed by atoms with Gasteiger partial charge in [0, 0.05) is 43.9 Å². The summed E-state index contributed by atoms with van der Waals surface area (Å²) in [5.74, 6) is 0.968. The van der Waals surface area contributed by atoms with Crippen LogP contribution in [0.2, 0.25) is 0 Å². The van der Waals surface area contributed by atoms with Crippen LogP contribution in [0.3, 0.4) is 0 Å². The molecule has 7 nitrogen and oxygen atoms in total. The van der Waals surface area contributed by atoms with Gasteiger partial charge in [0.1, 0.15) is 24.1 Å². The van der Waals surface area contributed by atoms with Crippen LogP contribution in [0.15, 0.2) is 49.1 Å². The number of nitrogens with zero attached hydrogens (tertiary/aromatic N) is 4. The van der Waals surface area contributed by atoms with E-state index >= 15 is 0 Å². The summed E-state index contributed by atoms with van der Waals surface area (Å²) in [4.78, 5) is 30.3. The van der Waals surface area contributed by atoms with Crippen LogP contribution in [-0.2, 0) is 4.79 Å². The van der Waals surface area contributed by atoms with Gasteiger partial charge in [0.2, 0.25) is 0 Å². The van der Waals surface area contributed by atoms with Crippen LogP contribution in [0.5, 0.6) is 0 Å². The van der Waals surface area contributed by atoms with Gasteiger partial charge in [-0.25, -0.2) is 15.0 Å². The molecule has 0 amide bonds. The molecule has 2 N–H and O–H groups in total. The normalized spacial score (nSPS) is 16.5. The van der Waals surface area contributed by atoms with Gasteiger partial charge in [-0.2, -0.15) is 0 Å². The molecule has 0 spiro atoms. The van der Waals surface area contributed by atoms with Crippen molar-refractivity contribution in [1.82, 2.24) is 19.9 Å². The first-order valence-corrected chi connectivity index (χ1v) is 9.66. The van der Waals surface area contributed by atoms with Crippen LogP contribution in [0, 0.1) is 5.92 Å². The highest BCUT2D eigenvalue weighted by Crippen LogP contribution is 2.37. The fraction of sp³-hybridized carbons (Fsp3) is 0.273. The average Bonchev–Trinajstić information content (AvgIpc) is 3.29. The minimum atomic E-state index is 0.0632. The number of hydrogen-bond acceptors (Lipinski definition) is 6. The molecule has 1 aliphatic rings. The van der Waals surface area contributed by atoms with Gasteiger partial charge in [-0.3, -0.25) is 0 Å². The molecule has 0 bridgehead atoms. The van der Waals surface area contributed by atoms with E-state index in [-0.39, 0.29) is 5.92 Å². The van der Waals surface area contributed by atoms with Crippen molar-refractivity contribution in [3.05, 3.63) is 49.1 Å². The lowest BCUT2D eigenvalue weighted by molar-refractivity contribution is -0.111. The molecule has 148 valence electrons. The van der Waals surface area contributed by atoms with Crippen molar-refractivity contribution in [3.63, 3.8) is 0 Å². The molecule has 1 atom stereocenters. The third-order valence-electron chi connectivity index (χ3n) is 5.34. The Hall–Kier alpha value is -3.32. The van der Waals surface area contributed by atoms with Gasteiger partial charge < -0.3 is 19.8 Å². The Morgan fingerprint density at radius 1 is 1.14 bits per heavy atom. The topological polar surface area (TPSA) is 95.0 Å². The number of aliphatic hydroxyl groups is 1. The molecule has 0 radical (unpaired) electrons. The van der Waals surface area contributed by atoms with E-state index in [4.69, 9.17) is 5.11 Å². The Labute approximate surface area is 168 Å². The second kappa shape index (κ2) is 8.36. The van der Waals surface area contributed by atoms with Gasteiger partial charge in [-0.15, -0.1) is 0 Å². The highest BCUT2D eigenvalue weighted by atomic mass is 16.2. The number of carbonyl (C=O) groups is 1. The first-order valence-electron chi connectivity index (χ1n) is 9.66. The maximum absolute atomic E-state index is 11.3. The molecule has 1 unspecified atom stereocenters. The number of fused-ring (bicyclic) bond motifs is 2. The Bertz CT molecular complexity index is 1140. The fourth-order valence-corrected chi connectivity index (χ4v) is 4.07. The molecule has 4 aromatic rings. The van der Waals surface area contributed by atoms with E-state index in [9.17, 15) is 4.79 Å². The van der Waals surface area contributed by atoms with Crippen LogP contribution in [0.1, 0.15) is 12.8 Å². The zero-order chi connectivity index (χ0) is 20.2. The van der Waals surface area contributed by atoms with E-state index in [1.165, 1.54) is 0 Å². The van der Waals surface area contributed by atoms with E-state index < -0.39 is 0 Å². The van der Waals surface area contributed by atoms with Crippen molar-refractivity contribution in [3.8, 4) is 11.1 Å². The van der Waals surface area contributed by atoms with Crippen molar-refractivity contribution in [2.45, 2.75) is 12.8 Å². The predicted octanol–water partition coefficient (Wildman–Crippen LogP) is 3.20. The molecule has 5 rings (SSSR count). The number of benzene rings is 1. The van der Waals surface area contributed by atoms with Gasteiger partial charge >= 0.3 is 0 Å². The number of rotatable bonds is 3. The molecular formula is C22H23N5O2. The lowest BCUT2D eigenvalue weighted by atomic mass is 9.96. The highest BCUT2D eigenvalue weighted by molar-refractivity contribution is 6.07. The molecule has 0 aliphatic carbocycles. The first kappa shape index (κ1) is 19.0. The van der Waals surface area contributed by atoms with Gasteiger partial charge in [0.25, 0.3) is 0 Å². The number of anilines is 1. The molecule has 29 heavy (non-hydrogen) atoms. The average molecular weight is 389 g/mol. The number of aromatic amines is 1. The summed E-state index contributed by atoms with van der Waals surface area (Å²) in [7, 11) is 1.00. The summed E-state index contributed by atoms with van der Waals surface area (Å²) < 4.78 is 0. The Morgan fingerprint density at radius 2 is 2.03 bits per heavy atom. The maximum atomic E-state index is 11.3. The molecule has 4 heterocycles. The monoisotopic (exact) mass is 389 g/mol. The predicted molar refractivity (Wildman–Crippen MR) is 114 cm³/mol. The van der Waals surface area contributed by atoms with Crippen molar-refractivity contribution in [1.29, 1.82) is 0 Å². The third kappa shape index (κ3) is 3.45. The number of piperidine rings is 1. The zero-order valence-corrected chi connectivity index (χ0v) is 16.2. The van der Waals surface area contributed by atoms with Crippen molar-refractivity contribution in [2.75, 3.05) is 25.1 Å².